The number of hydrogen-bond acceptors (Lipinski definition) is 5. The summed E-state index contributed by atoms with van der Waals surface area (Å²) in [5.74, 6) is -0.321. The van der Waals surface area contributed by atoms with Crippen molar-refractivity contribution in [2.75, 3.05) is 18.5 Å². The van der Waals surface area contributed by atoms with E-state index in [-0.39, 0.29) is 24.1 Å². The monoisotopic (exact) mass is 289 g/mol. The Bertz CT molecular complexity index is 687. The van der Waals surface area contributed by atoms with Crippen molar-refractivity contribution in [1.29, 1.82) is 0 Å². The topological polar surface area (TPSA) is 91.0 Å². The Morgan fingerprint density at radius 2 is 2.38 bits per heavy atom. The lowest BCUT2D eigenvalue weighted by atomic mass is 10.3. The molecule has 1 atom stereocenters. The van der Waals surface area contributed by atoms with Gasteiger partial charge in [-0.15, -0.1) is 0 Å². The van der Waals surface area contributed by atoms with Crippen LogP contribution in [0.2, 0.25) is 0 Å². The van der Waals surface area contributed by atoms with Crippen LogP contribution < -0.4 is 10.9 Å². The number of carbonyl (C=O) groups is 1. The van der Waals surface area contributed by atoms with Crippen molar-refractivity contribution < 1.29 is 9.53 Å². The average molecular weight is 289 g/mol. The molecule has 1 saturated heterocycles. The van der Waals surface area contributed by atoms with Crippen LogP contribution in [0.1, 0.15) is 12.5 Å². The Balaban J connectivity index is 1.62. The molecule has 1 fully saturated rings. The zero-order valence-electron chi connectivity index (χ0n) is 11.3. The summed E-state index contributed by atoms with van der Waals surface area (Å²) < 4.78 is 8.19. The highest BCUT2D eigenvalue weighted by Crippen LogP contribution is 2.19. The van der Waals surface area contributed by atoms with Crippen molar-refractivity contribution in [3.63, 3.8) is 0 Å². The van der Waals surface area contributed by atoms with E-state index in [1.807, 2.05) is 0 Å². The van der Waals surface area contributed by atoms with Gasteiger partial charge < -0.3 is 10.1 Å². The lowest BCUT2D eigenvalue weighted by Crippen LogP contribution is -2.28. The highest BCUT2D eigenvalue weighted by Gasteiger charge is 2.18. The van der Waals surface area contributed by atoms with Crippen LogP contribution >= 0.6 is 0 Å². The van der Waals surface area contributed by atoms with Gasteiger partial charge in [0.1, 0.15) is 6.54 Å². The summed E-state index contributed by atoms with van der Waals surface area (Å²) in [5, 5.41) is 10.7. The molecule has 2 aromatic heterocycles. The lowest BCUT2D eigenvalue weighted by Gasteiger charge is -2.07. The lowest BCUT2D eigenvalue weighted by molar-refractivity contribution is -0.117. The van der Waals surface area contributed by atoms with E-state index in [4.69, 9.17) is 4.74 Å². The van der Waals surface area contributed by atoms with E-state index in [0.29, 0.717) is 12.3 Å². The van der Waals surface area contributed by atoms with Gasteiger partial charge in [0.15, 0.2) is 0 Å². The van der Waals surface area contributed by atoms with E-state index in [9.17, 15) is 9.59 Å². The van der Waals surface area contributed by atoms with Gasteiger partial charge in [0.25, 0.3) is 5.56 Å². The van der Waals surface area contributed by atoms with Gasteiger partial charge in [-0.3, -0.25) is 14.3 Å². The average Bonchev–Trinajstić information content (AvgIpc) is 3.12. The molecule has 1 amide bonds. The van der Waals surface area contributed by atoms with Crippen LogP contribution in [0.25, 0.3) is 0 Å². The molecule has 8 heteroatoms. The minimum Gasteiger partial charge on any atom is -0.379 e. The summed E-state index contributed by atoms with van der Waals surface area (Å²) >= 11 is 0. The van der Waals surface area contributed by atoms with Crippen LogP contribution in [-0.4, -0.2) is 38.7 Å². The first kappa shape index (κ1) is 13.5. The molecular formula is C13H15N5O3. The summed E-state index contributed by atoms with van der Waals surface area (Å²) in [4.78, 5) is 23.4. The van der Waals surface area contributed by atoms with Gasteiger partial charge in [-0.1, -0.05) is 0 Å². The fraction of sp³-hybridized carbons (Fsp3) is 0.385. The molecule has 1 aliphatic rings. The van der Waals surface area contributed by atoms with Crippen LogP contribution in [0.5, 0.6) is 0 Å². The van der Waals surface area contributed by atoms with E-state index in [0.717, 1.165) is 17.7 Å². The molecule has 0 aromatic carbocycles. The number of ether oxygens (including phenoxy) is 1. The van der Waals surface area contributed by atoms with Crippen molar-refractivity contribution in [3.8, 4) is 0 Å². The Kier molecular flexibility index (Phi) is 3.78. The zero-order valence-corrected chi connectivity index (χ0v) is 11.3. The number of amides is 1. The molecule has 2 aromatic rings. The van der Waals surface area contributed by atoms with E-state index in [2.05, 4.69) is 15.5 Å². The Morgan fingerprint density at radius 3 is 3.14 bits per heavy atom. The van der Waals surface area contributed by atoms with Gasteiger partial charge in [0, 0.05) is 25.1 Å². The van der Waals surface area contributed by atoms with Gasteiger partial charge >= 0.3 is 0 Å². The van der Waals surface area contributed by atoms with Crippen LogP contribution in [0.15, 0.2) is 35.5 Å². The molecule has 110 valence electrons. The third-order valence-corrected chi connectivity index (χ3v) is 3.24. The number of nitrogens with zero attached hydrogens (tertiary/aromatic N) is 4. The van der Waals surface area contributed by atoms with E-state index >= 15 is 0 Å². The maximum absolute atomic E-state index is 11.9. The number of rotatable bonds is 4. The maximum atomic E-state index is 11.9. The molecule has 0 saturated carbocycles. The second-order valence-corrected chi connectivity index (χ2v) is 4.79. The molecule has 3 rings (SSSR count). The number of aromatic nitrogens is 4. The van der Waals surface area contributed by atoms with E-state index in [1.54, 1.807) is 17.1 Å². The maximum Gasteiger partial charge on any atom is 0.267 e. The molecule has 1 N–H and O–H groups in total. The predicted octanol–water partition coefficient (Wildman–Crippen LogP) is 0.0399. The van der Waals surface area contributed by atoms with Crippen LogP contribution in [0.3, 0.4) is 0 Å². The summed E-state index contributed by atoms with van der Waals surface area (Å²) in [6.45, 7) is 1.24. The van der Waals surface area contributed by atoms with E-state index in [1.165, 1.54) is 18.3 Å². The van der Waals surface area contributed by atoms with Gasteiger partial charge in [-0.25, -0.2) is 4.68 Å². The summed E-state index contributed by atoms with van der Waals surface area (Å²) in [6, 6.07) is 3.11. The van der Waals surface area contributed by atoms with E-state index < -0.39 is 0 Å². The smallest absolute Gasteiger partial charge is 0.267 e. The first-order valence-corrected chi connectivity index (χ1v) is 6.66. The third-order valence-electron chi connectivity index (χ3n) is 3.24. The van der Waals surface area contributed by atoms with Crippen LogP contribution in [0, 0.1) is 0 Å². The second-order valence-electron chi connectivity index (χ2n) is 4.79. The number of hydrogen-bond donors (Lipinski definition) is 1. The molecule has 21 heavy (non-hydrogen) atoms. The van der Waals surface area contributed by atoms with Crippen molar-refractivity contribution >= 4 is 11.6 Å². The molecule has 8 nitrogen and oxygen atoms in total. The van der Waals surface area contributed by atoms with Gasteiger partial charge in [-0.05, 0) is 12.5 Å². The minimum absolute atomic E-state index is 0.128. The largest absolute Gasteiger partial charge is 0.379 e. The highest BCUT2D eigenvalue weighted by molar-refractivity contribution is 5.90. The van der Waals surface area contributed by atoms with Gasteiger partial charge in [0.05, 0.1) is 24.5 Å². The fourth-order valence-electron chi connectivity index (χ4n) is 2.18. The Labute approximate surface area is 120 Å². The van der Waals surface area contributed by atoms with Gasteiger partial charge in [0.2, 0.25) is 5.91 Å². The standard InChI is InChI=1S/C13H15N5O3/c19-12(8-18-13(20)2-1-4-14-18)16-10-6-15-17(7-10)11-3-5-21-9-11/h1-2,4,6-7,11H,3,5,8-9H2,(H,16,19)/t11-/m0/s1. The molecule has 0 aliphatic carbocycles. The van der Waals surface area contributed by atoms with Crippen LogP contribution in [0.4, 0.5) is 5.69 Å². The number of anilines is 1. The molecular weight excluding hydrogens is 274 g/mol. The third kappa shape index (κ3) is 3.16. The Morgan fingerprint density at radius 1 is 1.48 bits per heavy atom. The first-order valence-electron chi connectivity index (χ1n) is 6.66. The van der Waals surface area contributed by atoms with Crippen molar-refractivity contribution in [2.24, 2.45) is 0 Å². The van der Waals surface area contributed by atoms with Crippen molar-refractivity contribution in [2.45, 2.75) is 19.0 Å². The summed E-state index contributed by atoms with van der Waals surface area (Å²) in [7, 11) is 0. The first-order chi connectivity index (χ1) is 10.2. The second kappa shape index (κ2) is 5.88. The molecule has 3 heterocycles. The minimum atomic E-state index is -0.321. The highest BCUT2D eigenvalue weighted by atomic mass is 16.5. The number of carbonyl (C=O) groups excluding carboxylic acids is 1. The molecule has 0 bridgehead atoms. The molecule has 1 aliphatic heterocycles. The SMILES string of the molecule is O=C(Cn1ncccc1=O)Nc1cnn([C@H]2CCOC2)c1. The van der Waals surface area contributed by atoms with Gasteiger partial charge in [-0.2, -0.15) is 10.2 Å². The van der Waals surface area contributed by atoms with Crippen molar-refractivity contribution in [3.05, 3.63) is 41.1 Å². The van der Waals surface area contributed by atoms with Crippen LogP contribution in [-0.2, 0) is 16.1 Å². The van der Waals surface area contributed by atoms with Crippen molar-refractivity contribution in [1.82, 2.24) is 19.6 Å². The molecule has 0 spiro atoms. The molecule has 0 unspecified atom stereocenters. The summed E-state index contributed by atoms with van der Waals surface area (Å²) in [5.41, 5.74) is 0.280. The predicted molar refractivity (Wildman–Crippen MR) is 73.8 cm³/mol. The quantitative estimate of drug-likeness (QED) is 0.858. The fourth-order valence-corrected chi connectivity index (χ4v) is 2.18. The normalized spacial score (nSPS) is 17.8. The zero-order chi connectivity index (χ0) is 14.7. The number of nitrogens with one attached hydrogen (secondary N) is 1. The summed E-state index contributed by atoms with van der Waals surface area (Å²) in [6.07, 6.45) is 5.72. The Hall–Kier alpha value is -2.48. The molecule has 0 radical (unpaired) electrons.